The second-order valence-corrected chi connectivity index (χ2v) is 5.73. The number of rotatable bonds is 1. The van der Waals surface area contributed by atoms with Gasteiger partial charge < -0.3 is 10.2 Å². The maximum atomic E-state index is 12.1. The molecule has 1 N–H and O–H groups in total. The number of hydrogen-bond donors (Lipinski definition) is 1. The fraction of sp³-hybridized carbons (Fsp3) is 0.929. The van der Waals surface area contributed by atoms with Crippen LogP contribution >= 0.6 is 0 Å². The van der Waals surface area contributed by atoms with Crippen molar-refractivity contribution in [2.75, 3.05) is 26.2 Å². The summed E-state index contributed by atoms with van der Waals surface area (Å²) in [4.78, 5) is 14.2. The van der Waals surface area contributed by atoms with Gasteiger partial charge in [0.15, 0.2) is 0 Å². The van der Waals surface area contributed by atoms with Gasteiger partial charge in [0.25, 0.3) is 0 Å². The molecule has 0 aromatic carbocycles. The van der Waals surface area contributed by atoms with Crippen molar-refractivity contribution < 1.29 is 4.79 Å². The van der Waals surface area contributed by atoms with Crippen LogP contribution in [-0.4, -0.2) is 37.0 Å². The van der Waals surface area contributed by atoms with Crippen LogP contribution in [0.1, 0.15) is 39.5 Å². The molecule has 1 amide bonds. The Morgan fingerprint density at radius 2 is 1.71 bits per heavy atom. The molecule has 0 aromatic rings. The Kier molecular flexibility index (Phi) is 4.43. The molecular weight excluding hydrogens is 212 g/mol. The van der Waals surface area contributed by atoms with Gasteiger partial charge in [0.2, 0.25) is 5.91 Å². The lowest BCUT2D eigenvalue weighted by molar-refractivity contribution is -0.135. The Bertz CT molecular complexity index is 247. The molecule has 3 heteroatoms. The number of piperidine rings is 2. The van der Waals surface area contributed by atoms with Crippen LogP contribution in [-0.2, 0) is 4.79 Å². The zero-order valence-electron chi connectivity index (χ0n) is 11.2. The highest BCUT2D eigenvalue weighted by molar-refractivity contribution is 5.79. The highest BCUT2D eigenvalue weighted by Crippen LogP contribution is 2.45. The summed E-state index contributed by atoms with van der Waals surface area (Å²) in [5.74, 6) is 2.52. The van der Waals surface area contributed by atoms with E-state index in [0.717, 1.165) is 50.9 Å². The Morgan fingerprint density at radius 1 is 1.18 bits per heavy atom. The van der Waals surface area contributed by atoms with E-state index < -0.39 is 0 Å². The van der Waals surface area contributed by atoms with Gasteiger partial charge >= 0.3 is 0 Å². The Labute approximate surface area is 105 Å². The van der Waals surface area contributed by atoms with E-state index in [4.69, 9.17) is 0 Å². The van der Waals surface area contributed by atoms with Gasteiger partial charge in [-0.05, 0) is 44.2 Å². The Balaban J connectivity index is 0.000000329. The van der Waals surface area contributed by atoms with E-state index in [1.807, 2.05) is 0 Å². The van der Waals surface area contributed by atoms with Crippen molar-refractivity contribution in [3.63, 3.8) is 0 Å². The number of nitrogens with zero attached hydrogens (tertiary/aromatic N) is 1. The van der Waals surface area contributed by atoms with Gasteiger partial charge in [0.1, 0.15) is 0 Å². The molecule has 0 spiro atoms. The second-order valence-electron chi connectivity index (χ2n) is 5.73. The molecular formula is C14H26N2O. The van der Waals surface area contributed by atoms with E-state index in [1.54, 1.807) is 0 Å². The summed E-state index contributed by atoms with van der Waals surface area (Å²) in [5, 5.41) is 3.31. The Hall–Kier alpha value is -0.570. The van der Waals surface area contributed by atoms with Crippen LogP contribution in [0.25, 0.3) is 0 Å². The number of amides is 1. The van der Waals surface area contributed by atoms with Crippen molar-refractivity contribution in [3.05, 3.63) is 0 Å². The molecule has 3 nitrogen and oxygen atoms in total. The molecule has 0 bridgehead atoms. The van der Waals surface area contributed by atoms with E-state index in [0.29, 0.717) is 11.8 Å². The van der Waals surface area contributed by atoms with E-state index in [-0.39, 0.29) is 0 Å². The van der Waals surface area contributed by atoms with Gasteiger partial charge in [-0.2, -0.15) is 0 Å². The molecule has 1 saturated carbocycles. The molecule has 3 fully saturated rings. The smallest absolute Gasteiger partial charge is 0.225 e. The maximum Gasteiger partial charge on any atom is 0.225 e. The number of carbonyl (C=O) groups excluding carboxylic acids is 1. The maximum absolute atomic E-state index is 12.1. The predicted molar refractivity (Wildman–Crippen MR) is 69.7 cm³/mol. The van der Waals surface area contributed by atoms with Gasteiger partial charge in [-0.25, -0.2) is 0 Å². The van der Waals surface area contributed by atoms with Crippen molar-refractivity contribution in [1.82, 2.24) is 10.2 Å². The highest BCUT2D eigenvalue weighted by Gasteiger charge is 2.47. The van der Waals surface area contributed by atoms with Crippen molar-refractivity contribution >= 4 is 5.91 Å². The predicted octanol–water partition coefficient (Wildman–Crippen LogP) is 1.88. The number of fused-ring (bicyclic) bond motifs is 1. The van der Waals surface area contributed by atoms with Crippen molar-refractivity contribution in [3.8, 4) is 0 Å². The lowest BCUT2D eigenvalue weighted by Gasteiger charge is -2.27. The van der Waals surface area contributed by atoms with Crippen LogP contribution in [0.3, 0.4) is 0 Å². The molecule has 3 rings (SSSR count). The Morgan fingerprint density at radius 3 is 2.24 bits per heavy atom. The van der Waals surface area contributed by atoms with Crippen LogP contribution < -0.4 is 5.32 Å². The summed E-state index contributed by atoms with van der Waals surface area (Å²) in [6.45, 7) is 8.43. The zero-order valence-corrected chi connectivity index (χ0v) is 11.2. The van der Waals surface area contributed by atoms with Crippen LogP contribution in [0.15, 0.2) is 0 Å². The van der Waals surface area contributed by atoms with Gasteiger partial charge in [-0.15, -0.1) is 0 Å². The minimum absolute atomic E-state index is 0.328. The normalized spacial score (nSPS) is 31.5. The number of carbonyl (C=O) groups is 1. The molecule has 2 saturated heterocycles. The topological polar surface area (TPSA) is 32.3 Å². The summed E-state index contributed by atoms with van der Waals surface area (Å²) in [6, 6.07) is 0. The van der Waals surface area contributed by atoms with Gasteiger partial charge in [-0.3, -0.25) is 4.79 Å². The van der Waals surface area contributed by atoms with Crippen LogP contribution in [0.5, 0.6) is 0 Å². The lowest BCUT2D eigenvalue weighted by atomic mass is 9.96. The molecule has 3 aliphatic rings. The number of nitrogens with one attached hydrogen (secondary N) is 1. The summed E-state index contributed by atoms with van der Waals surface area (Å²) in [5.41, 5.74) is 0. The van der Waals surface area contributed by atoms with E-state index in [2.05, 4.69) is 24.1 Å². The van der Waals surface area contributed by atoms with E-state index in [1.165, 1.54) is 12.8 Å². The summed E-state index contributed by atoms with van der Waals surface area (Å²) >= 11 is 0. The summed E-state index contributed by atoms with van der Waals surface area (Å²) < 4.78 is 0. The first-order valence-corrected chi connectivity index (χ1v) is 7.25. The largest absolute Gasteiger partial charge is 0.342 e. The molecule has 2 heterocycles. The molecule has 1 aliphatic carbocycles. The van der Waals surface area contributed by atoms with E-state index >= 15 is 0 Å². The first-order valence-electron chi connectivity index (χ1n) is 7.25. The van der Waals surface area contributed by atoms with Crippen LogP contribution in [0.4, 0.5) is 0 Å². The van der Waals surface area contributed by atoms with Crippen molar-refractivity contribution in [2.24, 2.45) is 17.8 Å². The monoisotopic (exact) mass is 238 g/mol. The van der Waals surface area contributed by atoms with Crippen LogP contribution in [0, 0.1) is 17.8 Å². The van der Waals surface area contributed by atoms with Crippen molar-refractivity contribution in [2.45, 2.75) is 39.5 Å². The first kappa shape index (κ1) is 12.9. The average molecular weight is 238 g/mol. The molecule has 17 heavy (non-hydrogen) atoms. The average Bonchev–Trinajstić information content (AvgIpc) is 2.97. The molecule has 2 unspecified atom stereocenters. The van der Waals surface area contributed by atoms with Gasteiger partial charge in [0.05, 0.1) is 0 Å². The third kappa shape index (κ3) is 3.21. The third-order valence-electron chi connectivity index (χ3n) is 3.98. The molecule has 0 radical (unpaired) electrons. The summed E-state index contributed by atoms with van der Waals surface area (Å²) in [7, 11) is 0. The lowest BCUT2D eigenvalue weighted by Crippen LogP contribution is -2.40. The van der Waals surface area contributed by atoms with Crippen molar-refractivity contribution in [1.29, 1.82) is 0 Å². The minimum atomic E-state index is 0.328. The SMILES string of the molecule is CCC.O=C(C1CCNCC1)N1CC2CC2C1. The standard InChI is InChI=1S/C11H18N2O.C3H8/c14-11(8-1-3-12-4-2-8)13-6-9-5-10(9)7-13;1-3-2/h8-10,12H,1-7H2;3H2,1-2H3. The molecule has 0 aromatic heterocycles. The van der Waals surface area contributed by atoms with Crippen LogP contribution in [0.2, 0.25) is 0 Å². The molecule has 98 valence electrons. The minimum Gasteiger partial charge on any atom is -0.342 e. The summed E-state index contributed by atoms with van der Waals surface area (Å²) in [6.07, 6.45) is 4.73. The second kappa shape index (κ2) is 5.85. The van der Waals surface area contributed by atoms with Gasteiger partial charge in [0, 0.05) is 19.0 Å². The van der Waals surface area contributed by atoms with Gasteiger partial charge in [-0.1, -0.05) is 20.3 Å². The first-order chi connectivity index (χ1) is 8.26. The molecule has 2 atom stereocenters. The number of hydrogen-bond acceptors (Lipinski definition) is 2. The fourth-order valence-electron chi connectivity index (χ4n) is 2.91. The third-order valence-corrected chi connectivity index (χ3v) is 3.98. The fourth-order valence-corrected chi connectivity index (χ4v) is 2.91. The quantitative estimate of drug-likeness (QED) is 0.756. The zero-order chi connectivity index (χ0) is 12.3. The molecule has 2 aliphatic heterocycles. The number of likely N-dealkylation sites (tertiary alicyclic amines) is 1. The van der Waals surface area contributed by atoms with E-state index in [9.17, 15) is 4.79 Å². The highest BCUT2D eigenvalue weighted by atomic mass is 16.2.